The number of hydrogen-bond donors (Lipinski definition) is 3. The first-order chi connectivity index (χ1) is 11.0. The highest BCUT2D eigenvalue weighted by atomic mass is 16.2. The summed E-state index contributed by atoms with van der Waals surface area (Å²) in [6, 6.07) is 6.57. The third-order valence-electron chi connectivity index (χ3n) is 3.69. The molecule has 0 aliphatic heterocycles. The summed E-state index contributed by atoms with van der Waals surface area (Å²) in [6.45, 7) is 9.67. The highest BCUT2D eigenvalue weighted by Gasteiger charge is 2.25. The monoisotopic (exact) mass is 333 g/mol. The van der Waals surface area contributed by atoms with E-state index in [1.165, 1.54) is 0 Å². The van der Waals surface area contributed by atoms with E-state index >= 15 is 0 Å². The second kappa shape index (κ2) is 7.95. The smallest absolute Gasteiger partial charge is 0.251 e. The molecule has 0 aromatic heterocycles. The standard InChI is InChI=1S/C18H27N3O3/c1-11(2)15(17(24)20-10-14(19)22)21-16(23)12-6-8-13(9-7-12)18(3,4)5/h6-9,11,15H,10H2,1-5H3,(H2,19,22)(H,20,24)(H,21,23)/t15-/m0/s1. The molecule has 0 saturated heterocycles. The lowest BCUT2D eigenvalue weighted by atomic mass is 9.86. The van der Waals surface area contributed by atoms with E-state index in [1.807, 2.05) is 26.0 Å². The Morgan fingerprint density at radius 1 is 1.08 bits per heavy atom. The summed E-state index contributed by atoms with van der Waals surface area (Å²) in [5, 5.41) is 5.13. The number of nitrogens with two attached hydrogens (primary N) is 1. The summed E-state index contributed by atoms with van der Waals surface area (Å²) in [7, 11) is 0. The molecule has 6 heteroatoms. The van der Waals surface area contributed by atoms with Crippen molar-refractivity contribution in [3.63, 3.8) is 0 Å². The van der Waals surface area contributed by atoms with Crippen LogP contribution < -0.4 is 16.4 Å². The molecule has 0 saturated carbocycles. The van der Waals surface area contributed by atoms with E-state index in [-0.39, 0.29) is 23.8 Å². The van der Waals surface area contributed by atoms with Crippen molar-refractivity contribution in [1.82, 2.24) is 10.6 Å². The third kappa shape index (κ3) is 5.68. The van der Waals surface area contributed by atoms with Crippen LogP contribution in [0.3, 0.4) is 0 Å². The molecular formula is C18H27N3O3. The highest BCUT2D eigenvalue weighted by Crippen LogP contribution is 2.22. The van der Waals surface area contributed by atoms with Gasteiger partial charge in [0.2, 0.25) is 11.8 Å². The molecule has 0 spiro atoms. The van der Waals surface area contributed by atoms with Crippen LogP contribution in [0.25, 0.3) is 0 Å². The first kappa shape index (κ1) is 19.7. The Bertz CT molecular complexity index is 601. The predicted molar refractivity (Wildman–Crippen MR) is 93.4 cm³/mol. The number of hydrogen-bond acceptors (Lipinski definition) is 3. The fraction of sp³-hybridized carbons (Fsp3) is 0.500. The maximum Gasteiger partial charge on any atom is 0.251 e. The van der Waals surface area contributed by atoms with Crippen LogP contribution in [0, 0.1) is 5.92 Å². The second-order valence-electron chi connectivity index (χ2n) is 7.21. The molecule has 0 aliphatic rings. The van der Waals surface area contributed by atoms with E-state index in [2.05, 4.69) is 31.4 Å². The van der Waals surface area contributed by atoms with Crippen molar-refractivity contribution >= 4 is 17.7 Å². The van der Waals surface area contributed by atoms with E-state index in [1.54, 1.807) is 12.1 Å². The molecule has 0 radical (unpaired) electrons. The molecule has 1 rings (SSSR count). The molecule has 0 unspecified atom stereocenters. The Labute approximate surface area is 143 Å². The zero-order valence-electron chi connectivity index (χ0n) is 15.0. The first-order valence-corrected chi connectivity index (χ1v) is 7.99. The zero-order valence-corrected chi connectivity index (χ0v) is 15.0. The van der Waals surface area contributed by atoms with Gasteiger partial charge in [-0.1, -0.05) is 46.8 Å². The van der Waals surface area contributed by atoms with Gasteiger partial charge in [0.05, 0.1) is 6.54 Å². The van der Waals surface area contributed by atoms with Crippen molar-refractivity contribution in [2.45, 2.75) is 46.1 Å². The van der Waals surface area contributed by atoms with Crippen molar-refractivity contribution in [3.8, 4) is 0 Å². The van der Waals surface area contributed by atoms with Crippen molar-refractivity contribution in [2.75, 3.05) is 6.54 Å². The van der Waals surface area contributed by atoms with Crippen LogP contribution in [-0.4, -0.2) is 30.3 Å². The van der Waals surface area contributed by atoms with Crippen molar-refractivity contribution < 1.29 is 14.4 Å². The molecule has 0 bridgehead atoms. The van der Waals surface area contributed by atoms with Crippen LogP contribution in [0.2, 0.25) is 0 Å². The van der Waals surface area contributed by atoms with E-state index in [0.717, 1.165) is 5.56 Å². The third-order valence-corrected chi connectivity index (χ3v) is 3.69. The number of primary amides is 1. The number of benzene rings is 1. The SMILES string of the molecule is CC(C)[C@H](NC(=O)c1ccc(C(C)(C)C)cc1)C(=O)NCC(N)=O. The van der Waals surface area contributed by atoms with Gasteiger partial charge in [0.1, 0.15) is 6.04 Å². The molecular weight excluding hydrogens is 306 g/mol. The van der Waals surface area contributed by atoms with Gasteiger partial charge in [-0.25, -0.2) is 0 Å². The largest absolute Gasteiger partial charge is 0.368 e. The molecule has 0 heterocycles. The molecule has 6 nitrogen and oxygen atoms in total. The van der Waals surface area contributed by atoms with E-state index in [9.17, 15) is 14.4 Å². The number of amides is 3. The van der Waals surface area contributed by atoms with Gasteiger partial charge in [-0.05, 0) is 29.0 Å². The number of carbonyl (C=O) groups excluding carboxylic acids is 3. The summed E-state index contributed by atoms with van der Waals surface area (Å²) in [5.41, 5.74) is 6.63. The average Bonchev–Trinajstić information content (AvgIpc) is 2.48. The molecule has 4 N–H and O–H groups in total. The quantitative estimate of drug-likeness (QED) is 0.732. The second-order valence-corrected chi connectivity index (χ2v) is 7.21. The van der Waals surface area contributed by atoms with Gasteiger partial charge in [0, 0.05) is 5.56 Å². The summed E-state index contributed by atoms with van der Waals surface area (Å²) in [6.07, 6.45) is 0. The fourth-order valence-electron chi connectivity index (χ4n) is 2.17. The van der Waals surface area contributed by atoms with Gasteiger partial charge >= 0.3 is 0 Å². The van der Waals surface area contributed by atoms with Gasteiger partial charge < -0.3 is 16.4 Å². The summed E-state index contributed by atoms with van der Waals surface area (Å²) < 4.78 is 0. The van der Waals surface area contributed by atoms with Crippen LogP contribution in [0.5, 0.6) is 0 Å². The summed E-state index contributed by atoms with van der Waals surface area (Å²) in [5.74, 6) is -1.52. The van der Waals surface area contributed by atoms with E-state index < -0.39 is 17.9 Å². The molecule has 1 atom stereocenters. The average molecular weight is 333 g/mol. The molecule has 24 heavy (non-hydrogen) atoms. The highest BCUT2D eigenvalue weighted by molar-refractivity contribution is 5.98. The van der Waals surface area contributed by atoms with Crippen molar-refractivity contribution in [3.05, 3.63) is 35.4 Å². The Morgan fingerprint density at radius 2 is 1.62 bits per heavy atom. The van der Waals surface area contributed by atoms with Crippen LogP contribution in [0.4, 0.5) is 0 Å². The summed E-state index contributed by atoms with van der Waals surface area (Å²) >= 11 is 0. The molecule has 132 valence electrons. The lowest BCUT2D eigenvalue weighted by Crippen LogP contribution is -2.51. The van der Waals surface area contributed by atoms with Crippen LogP contribution in [-0.2, 0) is 15.0 Å². The van der Waals surface area contributed by atoms with Gasteiger partial charge in [-0.15, -0.1) is 0 Å². The predicted octanol–water partition coefficient (Wildman–Crippen LogP) is 1.34. The maximum atomic E-state index is 12.4. The van der Waals surface area contributed by atoms with Crippen molar-refractivity contribution in [2.24, 2.45) is 11.7 Å². The Balaban J connectivity index is 2.82. The molecule has 3 amide bonds. The number of rotatable bonds is 6. The Morgan fingerprint density at radius 3 is 2.04 bits per heavy atom. The fourth-order valence-corrected chi connectivity index (χ4v) is 2.17. The van der Waals surface area contributed by atoms with Gasteiger partial charge in [0.25, 0.3) is 5.91 Å². The maximum absolute atomic E-state index is 12.4. The normalized spacial score (nSPS) is 12.6. The van der Waals surface area contributed by atoms with Crippen molar-refractivity contribution in [1.29, 1.82) is 0 Å². The minimum atomic E-state index is -0.737. The van der Waals surface area contributed by atoms with Crippen LogP contribution in [0.1, 0.15) is 50.5 Å². The Kier molecular flexibility index (Phi) is 6.51. The van der Waals surface area contributed by atoms with Crippen LogP contribution >= 0.6 is 0 Å². The van der Waals surface area contributed by atoms with E-state index in [4.69, 9.17) is 5.73 Å². The minimum Gasteiger partial charge on any atom is -0.368 e. The molecule has 0 aliphatic carbocycles. The minimum absolute atomic E-state index is 0.00409. The Hall–Kier alpha value is -2.37. The van der Waals surface area contributed by atoms with Gasteiger partial charge in [0.15, 0.2) is 0 Å². The molecule has 1 aromatic rings. The van der Waals surface area contributed by atoms with E-state index in [0.29, 0.717) is 5.56 Å². The number of nitrogens with one attached hydrogen (secondary N) is 2. The van der Waals surface area contributed by atoms with Gasteiger partial charge in [-0.3, -0.25) is 14.4 Å². The van der Waals surface area contributed by atoms with Crippen LogP contribution in [0.15, 0.2) is 24.3 Å². The topological polar surface area (TPSA) is 101 Å². The molecule has 0 fully saturated rings. The lowest BCUT2D eigenvalue weighted by molar-refractivity contribution is -0.126. The zero-order chi connectivity index (χ0) is 18.5. The first-order valence-electron chi connectivity index (χ1n) is 7.99. The van der Waals surface area contributed by atoms with Gasteiger partial charge in [-0.2, -0.15) is 0 Å². The molecule has 1 aromatic carbocycles. The summed E-state index contributed by atoms with van der Waals surface area (Å²) in [4.78, 5) is 35.3. The number of carbonyl (C=O) groups is 3. The lowest BCUT2D eigenvalue weighted by Gasteiger charge is -2.22.